The third kappa shape index (κ3) is 5.88. The monoisotopic (exact) mass is 564 g/mol. The van der Waals surface area contributed by atoms with E-state index in [1.165, 1.54) is 16.8 Å². The molecule has 4 rings (SSSR count). The molecule has 202 valence electrons. The van der Waals surface area contributed by atoms with Gasteiger partial charge < -0.3 is 15.7 Å². The van der Waals surface area contributed by atoms with Crippen LogP contribution in [0.2, 0.25) is 5.02 Å². The minimum absolute atomic E-state index is 0.0743. The quantitative estimate of drug-likeness (QED) is 0.283. The molecule has 13 heteroatoms. The molecule has 0 spiro atoms. The Morgan fingerprint density at radius 3 is 2.45 bits per heavy atom. The standard InChI is InChI=1S/C25H27ClF2N6O3S/c1-33(8-9-35)21-7-5-17(23(30-21)20(29)12-14-10-15(27)13-16(28)11-14)18-4-6-19(26)22-24(18)34(2)31-25(22)32-38(3,36)37/h4-7,10-11,13,20,35H,8-9,12,29H2,1-3H3,(H,31,32)/t20-/m0/s1. The van der Waals surface area contributed by atoms with Gasteiger partial charge in [0.15, 0.2) is 5.82 Å². The van der Waals surface area contributed by atoms with Crippen molar-refractivity contribution in [3.8, 4) is 11.1 Å². The van der Waals surface area contributed by atoms with Crippen LogP contribution in [-0.2, 0) is 23.5 Å². The van der Waals surface area contributed by atoms with Gasteiger partial charge in [0.05, 0.1) is 40.5 Å². The number of nitrogens with two attached hydrogens (primary N) is 1. The van der Waals surface area contributed by atoms with Crippen LogP contribution in [-0.4, -0.2) is 54.7 Å². The molecule has 0 amide bonds. The van der Waals surface area contributed by atoms with Crippen LogP contribution in [0.4, 0.5) is 20.4 Å². The average Bonchev–Trinajstić information content (AvgIpc) is 3.13. The van der Waals surface area contributed by atoms with Crippen molar-refractivity contribution in [3.05, 3.63) is 70.4 Å². The van der Waals surface area contributed by atoms with E-state index in [1.807, 2.05) is 0 Å². The van der Waals surface area contributed by atoms with E-state index in [-0.39, 0.29) is 23.9 Å². The molecule has 0 radical (unpaired) electrons. The molecule has 2 heterocycles. The molecule has 38 heavy (non-hydrogen) atoms. The number of nitrogens with one attached hydrogen (secondary N) is 1. The fourth-order valence-electron chi connectivity index (χ4n) is 4.37. The highest BCUT2D eigenvalue weighted by Crippen LogP contribution is 2.40. The van der Waals surface area contributed by atoms with E-state index < -0.39 is 27.7 Å². The van der Waals surface area contributed by atoms with E-state index >= 15 is 0 Å². The molecule has 0 aliphatic heterocycles. The molecule has 0 saturated carbocycles. The normalized spacial score (nSPS) is 12.6. The fourth-order valence-corrected chi connectivity index (χ4v) is 5.11. The first-order chi connectivity index (χ1) is 17.9. The number of hydrogen-bond donors (Lipinski definition) is 3. The van der Waals surface area contributed by atoms with E-state index in [1.54, 1.807) is 43.3 Å². The average molecular weight is 565 g/mol. The van der Waals surface area contributed by atoms with Crippen LogP contribution >= 0.6 is 11.6 Å². The molecule has 0 bridgehead atoms. The SMILES string of the molecule is CN(CCO)c1ccc(-c2ccc(Cl)c3c(NS(C)(=O)=O)nn(C)c23)c([C@@H](N)Cc2cc(F)cc(F)c2)n1. The molecule has 0 saturated heterocycles. The Hall–Kier alpha value is -3.32. The summed E-state index contributed by atoms with van der Waals surface area (Å²) in [6, 6.07) is 9.39. The number of nitrogens with zero attached hydrogens (tertiary/aromatic N) is 4. The summed E-state index contributed by atoms with van der Waals surface area (Å²) < 4.78 is 55.5. The highest BCUT2D eigenvalue weighted by Gasteiger charge is 2.23. The number of rotatable bonds is 9. The number of halogens is 3. The van der Waals surface area contributed by atoms with Crippen molar-refractivity contribution in [2.24, 2.45) is 12.8 Å². The van der Waals surface area contributed by atoms with Crippen LogP contribution < -0.4 is 15.4 Å². The van der Waals surface area contributed by atoms with Crippen molar-refractivity contribution < 1.29 is 22.3 Å². The Morgan fingerprint density at radius 1 is 1.16 bits per heavy atom. The van der Waals surface area contributed by atoms with Crippen molar-refractivity contribution in [1.29, 1.82) is 0 Å². The number of aryl methyl sites for hydroxylation is 1. The second kappa shape index (κ2) is 10.8. The molecule has 0 fully saturated rings. The molecule has 4 N–H and O–H groups in total. The molecule has 0 aliphatic rings. The lowest BCUT2D eigenvalue weighted by Crippen LogP contribution is -2.24. The number of aromatic nitrogens is 3. The second-order valence-electron chi connectivity index (χ2n) is 9.00. The number of pyridine rings is 1. The van der Waals surface area contributed by atoms with Gasteiger partial charge in [0.1, 0.15) is 17.5 Å². The summed E-state index contributed by atoms with van der Waals surface area (Å²) in [4.78, 5) is 6.51. The highest BCUT2D eigenvalue weighted by molar-refractivity contribution is 7.92. The van der Waals surface area contributed by atoms with Gasteiger partial charge in [-0.2, -0.15) is 5.10 Å². The van der Waals surface area contributed by atoms with Crippen molar-refractivity contribution in [2.75, 3.05) is 36.1 Å². The minimum atomic E-state index is -3.64. The van der Waals surface area contributed by atoms with E-state index in [0.717, 1.165) is 12.3 Å². The highest BCUT2D eigenvalue weighted by atomic mass is 35.5. The van der Waals surface area contributed by atoms with Crippen LogP contribution in [0.15, 0.2) is 42.5 Å². The molecule has 4 aromatic rings. The molecule has 1 atom stereocenters. The predicted octanol–water partition coefficient (Wildman–Crippen LogP) is 3.61. The maximum Gasteiger partial charge on any atom is 0.231 e. The number of sulfonamides is 1. The van der Waals surface area contributed by atoms with Crippen LogP contribution in [0.3, 0.4) is 0 Å². The first kappa shape index (κ1) is 27.7. The van der Waals surface area contributed by atoms with E-state index in [9.17, 15) is 22.3 Å². The Kier molecular flexibility index (Phi) is 7.88. The Morgan fingerprint density at radius 2 is 1.82 bits per heavy atom. The number of fused-ring (bicyclic) bond motifs is 1. The summed E-state index contributed by atoms with van der Waals surface area (Å²) in [6.45, 7) is 0.233. The summed E-state index contributed by atoms with van der Waals surface area (Å²) in [7, 11) is -0.219. The molecular weight excluding hydrogens is 538 g/mol. The van der Waals surface area contributed by atoms with Crippen molar-refractivity contribution in [3.63, 3.8) is 0 Å². The largest absolute Gasteiger partial charge is 0.395 e. The molecule has 9 nitrogen and oxygen atoms in total. The Labute approximate surface area is 223 Å². The summed E-state index contributed by atoms with van der Waals surface area (Å²) in [5.41, 5.74) is 9.15. The third-order valence-electron chi connectivity index (χ3n) is 5.98. The maximum atomic E-state index is 13.9. The van der Waals surface area contributed by atoms with Crippen molar-refractivity contribution >= 4 is 44.2 Å². The van der Waals surface area contributed by atoms with Gasteiger partial charge in [-0.1, -0.05) is 17.7 Å². The van der Waals surface area contributed by atoms with Gasteiger partial charge in [0.2, 0.25) is 10.0 Å². The van der Waals surface area contributed by atoms with Gasteiger partial charge in [-0.3, -0.25) is 9.40 Å². The third-order valence-corrected chi connectivity index (χ3v) is 6.85. The molecule has 0 unspecified atom stereocenters. The summed E-state index contributed by atoms with van der Waals surface area (Å²) >= 11 is 6.47. The van der Waals surface area contributed by atoms with Gasteiger partial charge in [0.25, 0.3) is 0 Å². The molecule has 2 aromatic heterocycles. The molecule has 2 aromatic carbocycles. The topological polar surface area (TPSA) is 126 Å². The maximum absolute atomic E-state index is 13.9. The summed E-state index contributed by atoms with van der Waals surface area (Å²) in [6.07, 6.45) is 1.11. The smallest absolute Gasteiger partial charge is 0.231 e. The molecule has 0 aliphatic carbocycles. The zero-order valence-electron chi connectivity index (χ0n) is 20.9. The van der Waals surface area contributed by atoms with Crippen LogP contribution in [0.5, 0.6) is 0 Å². The number of hydrogen-bond acceptors (Lipinski definition) is 7. The predicted molar refractivity (Wildman–Crippen MR) is 145 cm³/mol. The van der Waals surface area contributed by atoms with Crippen LogP contribution in [0.1, 0.15) is 17.3 Å². The van der Waals surface area contributed by atoms with Crippen molar-refractivity contribution in [1.82, 2.24) is 14.8 Å². The first-order valence-corrected chi connectivity index (χ1v) is 13.8. The molecular formula is C25H27ClF2N6O3S. The Balaban J connectivity index is 1.91. The van der Waals surface area contributed by atoms with Crippen LogP contribution in [0.25, 0.3) is 22.0 Å². The number of likely N-dealkylation sites (N-methyl/N-ethyl adjacent to an activating group) is 1. The Bertz CT molecular complexity index is 1590. The second-order valence-corrected chi connectivity index (χ2v) is 11.2. The first-order valence-electron chi connectivity index (χ1n) is 11.5. The fraction of sp³-hybridized carbons (Fsp3) is 0.280. The van der Waals surface area contributed by atoms with Crippen molar-refractivity contribution in [2.45, 2.75) is 12.5 Å². The summed E-state index contributed by atoms with van der Waals surface area (Å²) in [5.74, 6) is -0.812. The summed E-state index contributed by atoms with van der Waals surface area (Å²) in [5, 5.41) is 14.4. The zero-order chi connectivity index (χ0) is 27.8. The minimum Gasteiger partial charge on any atom is -0.395 e. The number of aliphatic hydroxyl groups excluding tert-OH is 1. The lowest BCUT2D eigenvalue weighted by Gasteiger charge is -2.22. The number of anilines is 2. The van der Waals surface area contributed by atoms with Gasteiger partial charge in [-0.15, -0.1) is 0 Å². The lowest BCUT2D eigenvalue weighted by atomic mass is 9.94. The van der Waals surface area contributed by atoms with E-state index in [2.05, 4.69) is 9.82 Å². The van der Waals surface area contributed by atoms with Gasteiger partial charge in [-0.05, 0) is 42.3 Å². The number of benzene rings is 2. The van der Waals surface area contributed by atoms with Gasteiger partial charge in [0, 0.05) is 37.8 Å². The lowest BCUT2D eigenvalue weighted by molar-refractivity contribution is 0.304. The van der Waals surface area contributed by atoms with Crippen LogP contribution in [0, 0.1) is 11.6 Å². The van der Waals surface area contributed by atoms with Gasteiger partial charge >= 0.3 is 0 Å². The number of aliphatic hydroxyl groups is 1. The zero-order valence-corrected chi connectivity index (χ0v) is 22.5. The van der Waals surface area contributed by atoms with E-state index in [0.29, 0.717) is 45.6 Å². The van der Waals surface area contributed by atoms with E-state index in [4.69, 9.17) is 22.3 Å². The van der Waals surface area contributed by atoms with Gasteiger partial charge in [-0.25, -0.2) is 22.2 Å².